The topological polar surface area (TPSA) is 83.5 Å². The maximum Gasteiger partial charge on any atom is 0.335 e. The zero-order valence-electron chi connectivity index (χ0n) is 11.0. The largest absolute Gasteiger partial charge is 0.478 e. The van der Waals surface area contributed by atoms with Crippen LogP contribution < -0.4 is 4.72 Å². The molecule has 0 saturated carbocycles. The molecule has 0 heterocycles. The van der Waals surface area contributed by atoms with Crippen LogP contribution in [0.5, 0.6) is 0 Å². The van der Waals surface area contributed by atoms with Gasteiger partial charge in [0.25, 0.3) is 0 Å². The van der Waals surface area contributed by atoms with Crippen LogP contribution in [-0.2, 0) is 10.0 Å². The first-order valence-corrected chi connectivity index (χ1v) is 7.20. The van der Waals surface area contributed by atoms with Crippen molar-refractivity contribution in [2.75, 3.05) is 6.54 Å². The molecule has 0 atom stereocenters. The van der Waals surface area contributed by atoms with Crippen molar-refractivity contribution >= 4 is 16.0 Å². The second kappa shape index (κ2) is 6.50. The zero-order valence-corrected chi connectivity index (χ0v) is 11.8. The van der Waals surface area contributed by atoms with Crippen LogP contribution in [0.2, 0.25) is 0 Å². The van der Waals surface area contributed by atoms with Gasteiger partial charge in [0, 0.05) is 18.5 Å². The average molecular weight is 299 g/mol. The Labute approximate surface area is 116 Å². The van der Waals surface area contributed by atoms with Crippen molar-refractivity contribution in [2.45, 2.75) is 25.2 Å². The molecule has 5 nitrogen and oxygen atoms in total. The molecule has 1 aromatic carbocycles. The van der Waals surface area contributed by atoms with Crippen molar-refractivity contribution in [1.82, 2.24) is 4.72 Å². The molecule has 1 aromatic rings. The number of hydrogen-bond donors (Lipinski definition) is 2. The molecule has 7 heteroatoms. The predicted octanol–water partition coefficient (Wildman–Crippen LogP) is 1.52. The minimum Gasteiger partial charge on any atom is -0.478 e. The van der Waals surface area contributed by atoms with E-state index >= 15 is 0 Å². The van der Waals surface area contributed by atoms with E-state index in [4.69, 9.17) is 5.11 Å². The van der Waals surface area contributed by atoms with E-state index < -0.39 is 27.4 Å². The summed E-state index contributed by atoms with van der Waals surface area (Å²) in [5.74, 6) is 3.03. The van der Waals surface area contributed by atoms with Crippen LogP contribution >= 0.6 is 0 Å². The highest BCUT2D eigenvalue weighted by atomic mass is 32.2. The Morgan fingerprint density at radius 1 is 1.45 bits per heavy atom. The summed E-state index contributed by atoms with van der Waals surface area (Å²) in [7, 11) is -3.97. The minimum atomic E-state index is -3.97. The lowest BCUT2D eigenvalue weighted by Crippen LogP contribution is -2.26. The Hall–Kier alpha value is -1.91. The highest BCUT2D eigenvalue weighted by molar-refractivity contribution is 7.89. The number of benzene rings is 1. The fourth-order valence-electron chi connectivity index (χ4n) is 1.51. The van der Waals surface area contributed by atoms with Crippen molar-refractivity contribution in [3.8, 4) is 11.8 Å². The Morgan fingerprint density at radius 2 is 2.10 bits per heavy atom. The fraction of sp³-hybridized carbons (Fsp3) is 0.308. The number of sulfonamides is 1. The number of carbonyl (C=O) groups is 1. The Morgan fingerprint density at radius 3 is 2.65 bits per heavy atom. The van der Waals surface area contributed by atoms with Crippen LogP contribution in [-0.4, -0.2) is 26.0 Å². The van der Waals surface area contributed by atoms with E-state index in [0.717, 1.165) is 12.1 Å². The van der Waals surface area contributed by atoms with Crippen LogP contribution in [0.4, 0.5) is 4.39 Å². The van der Waals surface area contributed by atoms with Gasteiger partial charge in [-0.1, -0.05) is 0 Å². The van der Waals surface area contributed by atoms with E-state index in [1.165, 1.54) is 6.92 Å². The Kier molecular flexibility index (Phi) is 5.25. The second-order valence-electron chi connectivity index (χ2n) is 3.96. The summed E-state index contributed by atoms with van der Waals surface area (Å²) in [6, 6.07) is 1.73. The third-order valence-electron chi connectivity index (χ3n) is 2.55. The molecule has 0 aliphatic heterocycles. The molecule has 0 unspecified atom stereocenters. The minimum absolute atomic E-state index is 0.0710. The maximum absolute atomic E-state index is 13.6. The summed E-state index contributed by atoms with van der Waals surface area (Å²) in [5.41, 5.74) is -0.536. The molecule has 0 radical (unpaired) electrons. The van der Waals surface area contributed by atoms with Gasteiger partial charge in [-0.25, -0.2) is 22.3 Å². The predicted molar refractivity (Wildman–Crippen MR) is 71.4 cm³/mol. The Bertz CT molecular complexity index is 686. The van der Waals surface area contributed by atoms with E-state index in [-0.39, 0.29) is 17.0 Å². The number of nitrogens with one attached hydrogen (secondary N) is 1. The van der Waals surface area contributed by atoms with Gasteiger partial charge in [-0.3, -0.25) is 0 Å². The summed E-state index contributed by atoms with van der Waals surface area (Å²) in [4.78, 5) is 10.5. The third-order valence-corrected chi connectivity index (χ3v) is 4.14. The molecule has 0 aliphatic carbocycles. The van der Waals surface area contributed by atoms with Gasteiger partial charge in [0.2, 0.25) is 10.0 Å². The quantitative estimate of drug-likeness (QED) is 0.638. The smallest absolute Gasteiger partial charge is 0.335 e. The van der Waals surface area contributed by atoms with E-state index in [0.29, 0.717) is 6.42 Å². The van der Waals surface area contributed by atoms with Gasteiger partial charge in [-0.15, -0.1) is 11.8 Å². The van der Waals surface area contributed by atoms with Crippen molar-refractivity contribution in [2.24, 2.45) is 0 Å². The zero-order chi connectivity index (χ0) is 15.3. The van der Waals surface area contributed by atoms with E-state index in [2.05, 4.69) is 16.6 Å². The van der Waals surface area contributed by atoms with E-state index in [9.17, 15) is 17.6 Å². The van der Waals surface area contributed by atoms with Crippen LogP contribution in [0.3, 0.4) is 0 Å². The summed E-state index contributed by atoms with van der Waals surface area (Å²) >= 11 is 0. The number of hydrogen-bond acceptors (Lipinski definition) is 3. The summed E-state index contributed by atoms with van der Waals surface area (Å²) in [6.45, 7) is 2.98. The molecule has 0 spiro atoms. The summed E-state index contributed by atoms with van der Waals surface area (Å²) in [6.07, 6.45) is 0.315. The maximum atomic E-state index is 13.6. The average Bonchev–Trinajstić information content (AvgIpc) is 2.37. The molecule has 0 saturated heterocycles. The molecular formula is C13H14FNO4S. The summed E-state index contributed by atoms with van der Waals surface area (Å²) < 4.78 is 39.9. The van der Waals surface area contributed by atoms with E-state index in [1.54, 1.807) is 6.92 Å². The van der Waals surface area contributed by atoms with Crippen LogP contribution in [0.25, 0.3) is 0 Å². The van der Waals surface area contributed by atoms with Crippen LogP contribution in [0.15, 0.2) is 17.0 Å². The molecule has 0 aliphatic rings. The van der Waals surface area contributed by atoms with Gasteiger partial charge in [0.05, 0.1) is 10.5 Å². The lowest BCUT2D eigenvalue weighted by Gasteiger charge is -2.10. The SMILES string of the molecule is CC#CCCNS(=O)(=O)c1cc(C(=O)O)cc(F)c1C. The lowest BCUT2D eigenvalue weighted by atomic mass is 10.1. The van der Waals surface area contributed by atoms with Crippen molar-refractivity contribution in [1.29, 1.82) is 0 Å². The first-order chi connectivity index (χ1) is 9.29. The first-order valence-electron chi connectivity index (χ1n) is 5.72. The number of aromatic carboxylic acids is 1. The van der Waals surface area contributed by atoms with E-state index in [1.807, 2.05) is 0 Å². The lowest BCUT2D eigenvalue weighted by molar-refractivity contribution is 0.0696. The molecule has 1 rings (SSSR count). The van der Waals surface area contributed by atoms with Crippen LogP contribution in [0.1, 0.15) is 29.3 Å². The number of halogens is 1. The molecule has 2 N–H and O–H groups in total. The first kappa shape index (κ1) is 16.1. The fourth-order valence-corrected chi connectivity index (χ4v) is 2.82. The molecule has 0 fully saturated rings. The number of carboxylic acids is 1. The van der Waals surface area contributed by atoms with Crippen molar-refractivity contribution < 1.29 is 22.7 Å². The highest BCUT2D eigenvalue weighted by Crippen LogP contribution is 2.20. The van der Waals surface area contributed by atoms with Crippen molar-refractivity contribution in [3.63, 3.8) is 0 Å². The molecule has 20 heavy (non-hydrogen) atoms. The number of carboxylic acid groups (broad SMARTS) is 1. The standard InChI is InChI=1S/C13H14FNO4S/c1-3-4-5-6-15-20(18,19)12-8-10(13(16)17)7-11(14)9(12)2/h7-8,15H,5-6H2,1-2H3,(H,16,17). The molecule has 0 amide bonds. The monoisotopic (exact) mass is 299 g/mol. The van der Waals surface area contributed by atoms with Gasteiger partial charge >= 0.3 is 5.97 Å². The molecule has 0 aromatic heterocycles. The van der Waals surface area contributed by atoms with Crippen molar-refractivity contribution in [3.05, 3.63) is 29.1 Å². The molecular weight excluding hydrogens is 285 g/mol. The molecule has 108 valence electrons. The van der Waals surface area contributed by atoms with Gasteiger partial charge in [0.1, 0.15) is 5.82 Å². The second-order valence-corrected chi connectivity index (χ2v) is 5.70. The highest BCUT2D eigenvalue weighted by Gasteiger charge is 2.21. The Balaban J connectivity index is 3.16. The molecule has 0 bridgehead atoms. The third kappa shape index (κ3) is 3.79. The van der Waals surface area contributed by atoms with Gasteiger partial charge in [-0.2, -0.15) is 0 Å². The summed E-state index contributed by atoms with van der Waals surface area (Å²) in [5, 5.41) is 8.84. The van der Waals surface area contributed by atoms with Gasteiger partial charge < -0.3 is 5.11 Å². The van der Waals surface area contributed by atoms with Gasteiger partial charge in [-0.05, 0) is 26.0 Å². The van der Waals surface area contributed by atoms with Gasteiger partial charge in [0.15, 0.2) is 0 Å². The normalized spacial score (nSPS) is 10.8. The van der Waals surface area contributed by atoms with Crippen LogP contribution in [0, 0.1) is 24.6 Å². The number of rotatable bonds is 5.